The molecule has 0 saturated carbocycles. The predicted octanol–water partition coefficient (Wildman–Crippen LogP) is 5.64. The van der Waals surface area contributed by atoms with Crippen molar-refractivity contribution in [1.82, 2.24) is 15.0 Å². The van der Waals surface area contributed by atoms with Gasteiger partial charge in [0.2, 0.25) is 0 Å². The molecule has 1 aliphatic heterocycles. The summed E-state index contributed by atoms with van der Waals surface area (Å²) >= 11 is 1.36. The topological polar surface area (TPSA) is 94.1 Å². The maximum Gasteiger partial charge on any atom is 0.416 e. The molecule has 0 bridgehead atoms. The Morgan fingerprint density at radius 2 is 1.92 bits per heavy atom. The van der Waals surface area contributed by atoms with E-state index in [0.717, 1.165) is 17.1 Å². The molecule has 7 nitrogen and oxygen atoms in total. The summed E-state index contributed by atoms with van der Waals surface area (Å²) in [6.07, 6.45) is -1.34. The highest BCUT2D eigenvalue weighted by atomic mass is 32.2. The number of nitrogens with zero attached hydrogens (tertiary/aromatic N) is 3. The van der Waals surface area contributed by atoms with Crippen molar-refractivity contribution in [1.29, 1.82) is 0 Å². The van der Waals surface area contributed by atoms with Crippen LogP contribution < -0.4 is 9.46 Å². The van der Waals surface area contributed by atoms with Crippen molar-refractivity contribution in [2.45, 2.75) is 30.3 Å². The number of ether oxygens (including phenoxy) is 1. The summed E-state index contributed by atoms with van der Waals surface area (Å²) in [5.74, 6) is 0.172. The molecule has 3 heterocycles. The molecule has 5 rings (SSSR count). The van der Waals surface area contributed by atoms with E-state index in [2.05, 4.69) is 19.7 Å². The highest BCUT2D eigenvalue weighted by Crippen LogP contribution is 2.44. The van der Waals surface area contributed by atoms with E-state index < -0.39 is 21.8 Å². The molecule has 0 aliphatic carbocycles. The first-order chi connectivity index (χ1) is 17.1. The Bertz CT molecular complexity index is 1520. The molecule has 2 aromatic heterocycles. The summed E-state index contributed by atoms with van der Waals surface area (Å²) in [5, 5.41) is 2.48. The molecule has 0 spiro atoms. The molecule has 36 heavy (non-hydrogen) atoms. The van der Waals surface area contributed by atoms with Gasteiger partial charge in [0.25, 0.3) is 10.0 Å². The first kappa shape index (κ1) is 24.2. The van der Waals surface area contributed by atoms with Crippen molar-refractivity contribution in [2.24, 2.45) is 0 Å². The molecular weight excluding hydrogens is 513 g/mol. The molecule has 186 valence electrons. The van der Waals surface area contributed by atoms with Crippen molar-refractivity contribution in [3.05, 3.63) is 82.1 Å². The highest BCUT2D eigenvalue weighted by molar-refractivity contribution is 7.92. The van der Waals surface area contributed by atoms with Crippen LogP contribution in [0.1, 0.15) is 34.0 Å². The third kappa shape index (κ3) is 4.78. The maximum atomic E-state index is 13.5. The molecule has 2 aromatic carbocycles. The number of halogens is 3. The van der Waals surface area contributed by atoms with E-state index in [9.17, 15) is 21.6 Å². The number of rotatable bonds is 5. The van der Waals surface area contributed by atoms with Crippen LogP contribution in [-0.2, 0) is 16.2 Å². The fourth-order valence-corrected chi connectivity index (χ4v) is 5.79. The van der Waals surface area contributed by atoms with Gasteiger partial charge in [-0.2, -0.15) is 13.2 Å². The third-order valence-corrected chi connectivity index (χ3v) is 7.93. The second-order valence-corrected chi connectivity index (χ2v) is 10.9. The molecule has 1 aliphatic rings. The van der Waals surface area contributed by atoms with Crippen LogP contribution in [0.5, 0.6) is 5.75 Å². The van der Waals surface area contributed by atoms with Gasteiger partial charge in [0, 0.05) is 34.7 Å². The minimum atomic E-state index is -4.49. The van der Waals surface area contributed by atoms with Crippen LogP contribution in [0, 0.1) is 6.92 Å². The minimum absolute atomic E-state index is 0.0247. The van der Waals surface area contributed by atoms with E-state index >= 15 is 0 Å². The number of benzene rings is 2. The van der Waals surface area contributed by atoms with Crippen molar-refractivity contribution < 1.29 is 26.3 Å². The number of aromatic nitrogens is 3. The van der Waals surface area contributed by atoms with Crippen LogP contribution in [0.2, 0.25) is 0 Å². The number of nitrogens with one attached hydrogen (secondary N) is 1. The van der Waals surface area contributed by atoms with Crippen molar-refractivity contribution in [3.63, 3.8) is 0 Å². The molecule has 1 atom stereocenters. The summed E-state index contributed by atoms with van der Waals surface area (Å²) in [7, 11) is -3.95. The van der Waals surface area contributed by atoms with Crippen molar-refractivity contribution in [3.8, 4) is 17.0 Å². The van der Waals surface area contributed by atoms with Gasteiger partial charge in [-0.3, -0.25) is 4.72 Å². The molecule has 0 fully saturated rings. The summed E-state index contributed by atoms with van der Waals surface area (Å²) in [6.45, 7) is 2.07. The lowest BCUT2D eigenvalue weighted by atomic mass is 9.83. The van der Waals surface area contributed by atoms with Crippen LogP contribution in [0.15, 0.2) is 65.3 Å². The molecule has 0 unspecified atom stereocenters. The normalized spacial score (nSPS) is 15.7. The summed E-state index contributed by atoms with van der Waals surface area (Å²) in [4.78, 5) is 12.0. The standard InChI is InChI=1S/C24H19F3N4O3S2/c1-14-30-21(12-35-14)20-10-15(24(25,26)27)2-4-17(20)18-7-9-34-22-11-16(3-5-19(18)22)36(32,33)31-23-6-8-28-13-29-23/h2-6,8,10-13,18H,7,9H2,1H3,(H,28,29,31)/t18-/m1/s1. The Labute approximate surface area is 209 Å². The lowest BCUT2D eigenvalue weighted by Gasteiger charge is -2.28. The maximum absolute atomic E-state index is 13.5. The van der Waals surface area contributed by atoms with Gasteiger partial charge in [-0.25, -0.2) is 23.4 Å². The number of fused-ring (bicyclic) bond motifs is 1. The van der Waals surface area contributed by atoms with Gasteiger partial charge in [-0.05, 0) is 43.2 Å². The molecule has 12 heteroatoms. The van der Waals surface area contributed by atoms with Gasteiger partial charge in [0.1, 0.15) is 17.9 Å². The number of hydrogen-bond acceptors (Lipinski definition) is 7. The first-order valence-corrected chi connectivity index (χ1v) is 13.2. The molecule has 4 aromatic rings. The zero-order chi connectivity index (χ0) is 25.5. The number of alkyl halides is 3. The van der Waals surface area contributed by atoms with Gasteiger partial charge in [0.15, 0.2) is 0 Å². The Balaban J connectivity index is 1.55. The van der Waals surface area contributed by atoms with Crippen LogP contribution in [0.3, 0.4) is 0 Å². The lowest BCUT2D eigenvalue weighted by Crippen LogP contribution is -2.18. The minimum Gasteiger partial charge on any atom is -0.493 e. The second kappa shape index (κ2) is 9.17. The molecule has 0 amide bonds. The van der Waals surface area contributed by atoms with E-state index in [1.807, 2.05) is 0 Å². The summed E-state index contributed by atoms with van der Waals surface area (Å²) in [6, 6.07) is 9.60. The Hall–Kier alpha value is -3.51. The van der Waals surface area contributed by atoms with Crippen LogP contribution in [0.4, 0.5) is 19.0 Å². The average molecular weight is 533 g/mol. The Morgan fingerprint density at radius 3 is 2.61 bits per heavy atom. The van der Waals surface area contributed by atoms with Gasteiger partial charge in [-0.1, -0.05) is 12.1 Å². The van der Waals surface area contributed by atoms with E-state index in [1.54, 1.807) is 18.4 Å². The van der Waals surface area contributed by atoms with Gasteiger partial charge < -0.3 is 4.74 Å². The number of thiazole rings is 1. The van der Waals surface area contributed by atoms with E-state index in [0.29, 0.717) is 34.6 Å². The summed E-state index contributed by atoms with van der Waals surface area (Å²) < 4.78 is 74.4. The lowest BCUT2D eigenvalue weighted by molar-refractivity contribution is -0.137. The third-order valence-electron chi connectivity index (χ3n) is 5.81. The van der Waals surface area contributed by atoms with Gasteiger partial charge >= 0.3 is 6.18 Å². The number of aryl methyl sites for hydroxylation is 1. The smallest absolute Gasteiger partial charge is 0.416 e. The molecule has 0 saturated heterocycles. The zero-order valence-electron chi connectivity index (χ0n) is 18.8. The van der Waals surface area contributed by atoms with E-state index in [4.69, 9.17) is 4.74 Å². The number of sulfonamides is 1. The highest BCUT2D eigenvalue weighted by Gasteiger charge is 2.33. The Morgan fingerprint density at radius 1 is 1.11 bits per heavy atom. The SMILES string of the molecule is Cc1nc(-c2cc(C(F)(F)F)ccc2[C@H]2CCOc3cc(S(=O)(=O)Nc4ccncn4)ccc32)cs1. The first-order valence-electron chi connectivity index (χ1n) is 10.8. The monoisotopic (exact) mass is 532 g/mol. The Kier molecular flexibility index (Phi) is 6.17. The fourth-order valence-electron chi connectivity index (χ4n) is 4.15. The van der Waals surface area contributed by atoms with Crippen LogP contribution in [0.25, 0.3) is 11.3 Å². The average Bonchev–Trinajstić information content (AvgIpc) is 3.29. The van der Waals surface area contributed by atoms with Crippen LogP contribution >= 0.6 is 11.3 Å². The number of anilines is 1. The largest absolute Gasteiger partial charge is 0.493 e. The van der Waals surface area contributed by atoms with E-state index in [-0.39, 0.29) is 23.2 Å². The molecule has 0 radical (unpaired) electrons. The van der Waals surface area contributed by atoms with Crippen molar-refractivity contribution >= 4 is 27.2 Å². The zero-order valence-corrected chi connectivity index (χ0v) is 20.4. The van der Waals surface area contributed by atoms with Crippen molar-refractivity contribution in [2.75, 3.05) is 11.3 Å². The quantitative estimate of drug-likeness (QED) is 0.357. The summed E-state index contributed by atoms with van der Waals surface area (Å²) in [5.41, 5.74) is 1.48. The predicted molar refractivity (Wildman–Crippen MR) is 129 cm³/mol. The number of hydrogen-bond donors (Lipinski definition) is 1. The van der Waals surface area contributed by atoms with Gasteiger partial charge in [0.05, 0.1) is 27.8 Å². The van der Waals surface area contributed by atoms with Crippen LogP contribution in [-0.4, -0.2) is 30.0 Å². The van der Waals surface area contributed by atoms with E-state index in [1.165, 1.54) is 48.1 Å². The fraction of sp³-hybridized carbons (Fsp3) is 0.208. The molecule has 1 N–H and O–H groups in total. The van der Waals surface area contributed by atoms with Gasteiger partial charge in [-0.15, -0.1) is 11.3 Å². The molecular formula is C24H19F3N4O3S2. The second-order valence-electron chi connectivity index (χ2n) is 8.14.